The molecule has 0 amide bonds. The van der Waals surface area contributed by atoms with Gasteiger partial charge in [-0.25, -0.2) is 4.98 Å². The maximum Gasteiger partial charge on any atom is 0.169 e. The van der Waals surface area contributed by atoms with Crippen LogP contribution in [0.15, 0.2) is 53.9 Å². The second-order valence-electron chi connectivity index (χ2n) is 6.85. The molecule has 2 aromatic heterocycles. The molecule has 0 atom stereocenters. The Morgan fingerprint density at radius 2 is 1.89 bits per heavy atom. The molecule has 0 aliphatic rings. The van der Waals surface area contributed by atoms with Crippen LogP contribution in [0.3, 0.4) is 0 Å². The molecule has 2 aromatic carbocycles. The van der Waals surface area contributed by atoms with E-state index in [1.807, 2.05) is 29.7 Å². The molecule has 0 spiro atoms. The smallest absolute Gasteiger partial charge is 0.169 e. The lowest BCUT2D eigenvalue weighted by atomic mass is 10.0. The number of aromatic nitrogens is 3. The van der Waals surface area contributed by atoms with Crippen molar-refractivity contribution in [2.24, 2.45) is 0 Å². The van der Waals surface area contributed by atoms with Crippen molar-refractivity contribution in [1.82, 2.24) is 14.1 Å². The molecule has 0 aliphatic carbocycles. The van der Waals surface area contributed by atoms with Gasteiger partial charge in [-0.2, -0.15) is 0 Å². The summed E-state index contributed by atoms with van der Waals surface area (Å²) in [4.78, 5) is 4.39. The summed E-state index contributed by atoms with van der Waals surface area (Å²) in [5.74, 6) is 0.111. The highest BCUT2D eigenvalue weighted by Crippen LogP contribution is 2.38. The average molecular weight is 394 g/mol. The Morgan fingerprint density at radius 3 is 2.64 bits per heavy atom. The number of hydrogen-bond acceptors (Lipinski definition) is 4. The highest BCUT2D eigenvalue weighted by Gasteiger charge is 2.18. The first kappa shape index (κ1) is 18.5. The average Bonchev–Trinajstić information content (AvgIpc) is 3.26. The van der Waals surface area contributed by atoms with Crippen molar-refractivity contribution in [2.75, 3.05) is 0 Å². The van der Waals surface area contributed by atoms with Crippen LogP contribution in [-0.2, 0) is 13.0 Å². The Bertz CT molecular complexity index is 1160. The zero-order chi connectivity index (χ0) is 19.8. The maximum atomic E-state index is 10.5. The molecule has 2 N–H and O–H groups in total. The summed E-state index contributed by atoms with van der Waals surface area (Å²) in [6.45, 7) is 5.08. The number of aromatic hydroxyl groups is 2. The Kier molecular flexibility index (Phi) is 4.81. The fourth-order valence-corrected chi connectivity index (χ4v) is 3.99. The second kappa shape index (κ2) is 7.28. The van der Waals surface area contributed by atoms with E-state index in [-0.39, 0.29) is 11.5 Å². The highest BCUT2D eigenvalue weighted by atomic mass is 32.1. The van der Waals surface area contributed by atoms with Gasteiger partial charge in [0.2, 0.25) is 0 Å². The molecule has 6 heteroatoms. The molecule has 0 radical (unpaired) electrons. The summed E-state index contributed by atoms with van der Waals surface area (Å²) in [6, 6.07) is 11.5. The van der Waals surface area contributed by atoms with Crippen molar-refractivity contribution >= 4 is 23.5 Å². The molecule has 0 unspecified atom stereocenters. The van der Waals surface area contributed by atoms with Gasteiger partial charge < -0.3 is 14.8 Å². The zero-order valence-corrected chi connectivity index (χ0v) is 16.8. The van der Waals surface area contributed by atoms with Crippen LogP contribution in [0.25, 0.3) is 27.8 Å². The first-order valence-corrected chi connectivity index (χ1v) is 9.90. The minimum Gasteiger partial charge on any atom is -0.508 e. The highest BCUT2D eigenvalue weighted by molar-refractivity contribution is 7.80. The third kappa shape index (κ3) is 2.94. The van der Waals surface area contributed by atoms with Gasteiger partial charge in [-0.3, -0.25) is 4.57 Å². The van der Waals surface area contributed by atoms with Crippen molar-refractivity contribution in [3.63, 3.8) is 0 Å². The number of benzene rings is 2. The van der Waals surface area contributed by atoms with E-state index in [1.54, 1.807) is 6.20 Å². The van der Waals surface area contributed by atoms with E-state index in [0.29, 0.717) is 17.1 Å². The van der Waals surface area contributed by atoms with Crippen LogP contribution < -0.4 is 0 Å². The van der Waals surface area contributed by atoms with Crippen molar-refractivity contribution in [1.29, 1.82) is 0 Å². The molecule has 2 heterocycles. The van der Waals surface area contributed by atoms with Crippen LogP contribution in [0.2, 0.25) is 0 Å². The zero-order valence-electron chi connectivity index (χ0n) is 15.9. The molecule has 4 aromatic rings. The van der Waals surface area contributed by atoms with Crippen molar-refractivity contribution in [3.8, 4) is 28.4 Å². The number of hydrogen-bond donors (Lipinski definition) is 3. The Labute approximate surface area is 169 Å². The molecular formula is C22H23N3O2S. The normalized spacial score (nSPS) is 11.4. The van der Waals surface area contributed by atoms with Gasteiger partial charge in [-0.15, -0.1) is 12.6 Å². The summed E-state index contributed by atoms with van der Waals surface area (Å²) in [5, 5.41) is 22.2. The van der Waals surface area contributed by atoms with Crippen LogP contribution in [0.5, 0.6) is 11.5 Å². The third-order valence-corrected chi connectivity index (χ3v) is 5.41. The van der Waals surface area contributed by atoms with Gasteiger partial charge in [0.25, 0.3) is 0 Å². The van der Waals surface area contributed by atoms with E-state index in [1.165, 1.54) is 6.07 Å². The number of thiol groups is 1. The number of phenolic OH excluding ortho intramolecular Hbond substituents is 2. The number of phenols is 2. The predicted octanol–water partition coefficient (Wildman–Crippen LogP) is 5.17. The first-order chi connectivity index (χ1) is 13.5. The van der Waals surface area contributed by atoms with Gasteiger partial charge in [0.05, 0.1) is 23.1 Å². The van der Waals surface area contributed by atoms with Crippen LogP contribution in [0, 0.1) is 0 Å². The van der Waals surface area contributed by atoms with Gasteiger partial charge in [-0.05, 0) is 42.7 Å². The maximum absolute atomic E-state index is 10.5. The predicted molar refractivity (Wildman–Crippen MR) is 115 cm³/mol. The van der Waals surface area contributed by atoms with E-state index in [9.17, 15) is 10.2 Å². The summed E-state index contributed by atoms with van der Waals surface area (Å²) in [7, 11) is 0. The van der Waals surface area contributed by atoms with E-state index in [2.05, 4.69) is 47.4 Å². The van der Waals surface area contributed by atoms with Crippen molar-refractivity contribution < 1.29 is 10.2 Å². The molecule has 0 saturated heterocycles. The molecule has 0 saturated carbocycles. The van der Waals surface area contributed by atoms with Gasteiger partial charge in [0, 0.05) is 29.8 Å². The largest absolute Gasteiger partial charge is 0.508 e. The number of rotatable bonds is 5. The Morgan fingerprint density at radius 1 is 1.07 bits per heavy atom. The first-order valence-electron chi connectivity index (χ1n) is 9.45. The van der Waals surface area contributed by atoms with E-state index >= 15 is 0 Å². The van der Waals surface area contributed by atoms with Gasteiger partial charge in [0.1, 0.15) is 11.5 Å². The molecule has 4 rings (SSSR count). The number of aryl methyl sites for hydroxylation is 2. The summed E-state index contributed by atoms with van der Waals surface area (Å²) in [6.07, 6.45) is 5.52. The summed E-state index contributed by atoms with van der Waals surface area (Å²) < 4.78 is 4.17. The topological polar surface area (TPSA) is 63.2 Å². The Hall–Kier alpha value is -2.86. The number of imidazole rings is 1. The van der Waals surface area contributed by atoms with E-state index < -0.39 is 0 Å². The van der Waals surface area contributed by atoms with Crippen LogP contribution in [-0.4, -0.2) is 24.3 Å². The summed E-state index contributed by atoms with van der Waals surface area (Å²) >= 11 is 4.57. The molecule has 0 fully saturated rings. The van der Waals surface area contributed by atoms with Gasteiger partial charge in [-0.1, -0.05) is 19.9 Å². The minimum absolute atomic E-state index is 0.0138. The number of nitrogens with zero attached hydrogens (tertiary/aromatic N) is 3. The lowest BCUT2D eigenvalue weighted by Gasteiger charge is -2.14. The van der Waals surface area contributed by atoms with Gasteiger partial charge in [0.15, 0.2) is 5.16 Å². The van der Waals surface area contributed by atoms with Crippen LogP contribution in [0.4, 0.5) is 0 Å². The van der Waals surface area contributed by atoms with Crippen molar-refractivity contribution in [3.05, 3.63) is 54.4 Å². The molecule has 144 valence electrons. The lowest BCUT2D eigenvalue weighted by molar-refractivity contribution is 0.447. The lowest BCUT2D eigenvalue weighted by Crippen LogP contribution is -2.00. The fraction of sp³-hybridized carbons (Fsp3) is 0.227. The number of fused-ring (bicyclic) bond motifs is 1. The third-order valence-electron chi connectivity index (χ3n) is 5.09. The van der Waals surface area contributed by atoms with Crippen LogP contribution in [0.1, 0.15) is 25.8 Å². The SMILES string of the molecule is CCCn1ccc2c(-n3c(-c4cc(CC)c(O)cc4O)cnc3S)cccc21. The standard InChI is InChI=1S/C22H23N3O2S/c1-3-9-24-10-8-15-17(24)6-5-7-18(15)25-19(13-23-22(25)28)16-11-14(4-2)20(26)12-21(16)27/h5-8,10-13,26-27H,3-4,9H2,1-2H3,(H,23,28). The quantitative estimate of drug-likeness (QED) is 0.410. The van der Waals surface area contributed by atoms with Crippen LogP contribution >= 0.6 is 12.6 Å². The second-order valence-corrected chi connectivity index (χ2v) is 7.25. The van der Waals surface area contributed by atoms with Crippen molar-refractivity contribution in [2.45, 2.75) is 38.4 Å². The van der Waals surface area contributed by atoms with E-state index in [4.69, 9.17) is 0 Å². The minimum atomic E-state index is 0.0138. The Balaban J connectivity index is 1.95. The summed E-state index contributed by atoms with van der Waals surface area (Å²) in [5.41, 5.74) is 4.22. The molecule has 0 bridgehead atoms. The molecule has 28 heavy (non-hydrogen) atoms. The monoisotopic (exact) mass is 393 g/mol. The molecule has 5 nitrogen and oxygen atoms in total. The molecule has 0 aliphatic heterocycles. The molecular weight excluding hydrogens is 370 g/mol. The fourth-order valence-electron chi connectivity index (χ4n) is 3.72. The van der Waals surface area contributed by atoms with E-state index in [0.717, 1.165) is 40.8 Å². The van der Waals surface area contributed by atoms with Gasteiger partial charge >= 0.3 is 0 Å².